The van der Waals surface area contributed by atoms with Crippen molar-refractivity contribution in [2.24, 2.45) is 0 Å². The van der Waals surface area contributed by atoms with Gasteiger partial charge in [-0.25, -0.2) is 0 Å². The molecule has 3 aromatic rings. The maximum Gasteiger partial charge on any atom is 0.0485 e. The van der Waals surface area contributed by atoms with E-state index in [0.29, 0.717) is 0 Å². The van der Waals surface area contributed by atoms with E-state index in [0.717, 1.165) is 26.1 Å². The number of fused-ring (bicyclic) bond motifs is 3. The molecule has 0 atom stereocenters. The summed E-state index contributed by atoms with van der Waals surface area (Å²) in [5, 5.41) is 1.47. The lowest BCUT2D eigenvalue weighted by Crippen LogP contribution is -2.44. The van der Waals surface area contributed by atoms with Gasteiger partial charge < -0.3 is 14.4 Å². The van der Waals surface area contributed by atoms with E-state index in [1.165, 1.54) is 68.6 Å². The molecule has 2 aliphatic heterocycles. The third-order valence-electron chi connectivity index (χ3n) is 7.25. The number of hydrogen-bond donors (Lipinski definition) is 0. The van der Waals surface area contributed by atoms with E-state index in [2.05, 4.69) is 80.9 Å². The van der Waals surface area contributed by atoms with E-state index in [-0.39, 0.29) is 0 Å². The molecule has 164 valence electrons. The Morgan fingerprint density at radius 1 is 0.742 bits per heavy atom. The molecular formula is C27H36N4. The Hall–Kier alpha value is -2.14. The normalized spacial score (nSPS) is 18.5. The molecule has 0 saturated carbocycles. The number of para-hydroxylation sites is 1. The van der Waals surface area contributed by atoms with Gasteiger partial charge in [0.15, 0.2) is 0 Å². The van der Waals surface area contributed by atoms with Crippen LogP contribution >= 0.6 is 0 Å². The van der Waals surface area contributed by atoms with Crippen molar-refractivity contribution in [2.75, 3.05) is 52.9 Å². The smallest absolute Gasteiger partial charge is 0.0485 e. The Labute approximate surface area is 187 Å². The average Bonchev–Trinajstić information content (AvgIpc) is 3.13. The number of benzene rings is 2. The van der Waals surface area contributed by atoms with Crippen molar-refractivity contribution < 1.29 is 0 Å². The van der Waals surface area contributed by atoms with Crippen molar-refractivity contribution in [3.05, 3.63) is 71.4 Å². The fourth-order valence-electron chi connectivity index (χ4n) is 5.36. The first-order chi connectivity index (χ1) is 15.3. The van der Waals surface area contributed by atoms with Crippen LogP contribution in [0.4, 0.5) is 0 Å². The summed E-state index contributed by atoms with van der Waals surface area (Å²) in [6.07, 6.45) is 3.56. The minimum Gasteiger partial charge on any atom is -0.344 e. The van der Waals surface area contributed by atoms with Crippen LogP contribution in [0.3, 0.4) is 0 Å². The summed E-state index contributed by atoms with van der Waals surface area (Å²) in [4.78, 5) is 7.73. The van der Waals surface area contributed by atoms with Crippen molar-refractivity contribution >= 4 is 10.9 Å². The van der Waals surface area contributed by atoms with Crippen LogP contribution in [-0.4, -0.2) is 72.1 Å². The fourth-order valence-corrected chi connectivity index (χ4v) is 5.36. The Bertz CT molecular complexity index is 985. The molecule has 1 aromatic heterocycles. The number of aryl methyl sites for hydroxylation is 1. The SMILES string of the molecule is CN1CCN(CCCn2c3c(c4ccccc42)CN(CCc2ccccc2)CC3)CC1. The van der Waals surface area contributed by atoms with E-state index in [1.54, 1.807) is 11.3 Å². The number of aromatic nitrogens is 1. The number of rotatable bonds is 7. The van der Waals surface area contributed by atoms with Crippen LogP contribution in [0, 0.1) is 0 Å². The molecule has 2 aliphatic rings. The number of piperazine rings is 1. The lowest BCUT2D eigenvalue weighted by atomic mass is 10.0. The summed E-state index contributed by atoms with van der Waals surface area (Å²) >= 11 is 0. The lowest BCUT2D eigenvalue weighted by Gasteiger charge is -2.32. The largest absolute Gasteiger partial charge is 0.344 e. The second kappa shape index (κ2) is 9.56. The number of hydrogen-bond acceptors (Lipinski definition) is 3. The van der Waals surface area contributed by atoms with Crippen molar-refractivity contribution in [3.8, 4) is 0 Å². The molecule has 0 bridgehead atoms. The van der Waals surface area contributed by atoms with E-state index in [9.17, 15) is 0 Å². The van der Waals surface area contributed by atoms with Gasteiger partial charge in [0.2, 0.25) is 0 Å². The van der Waals surface area contributed by atoms with Crippen LogP contribution in [0.5, 0.6) is 0 Å². The molecule has 2 aromatic carbocycles. The van der Waals surface area contributed by atoms with Gasteiger partial charge in [0.05, 0.1) is 0 Å². The van der Waals surface area contributed by atoms with Crippen molar-refractivity contribution in [1.82, 2.24) is 19.3 Å². The molecule has 1 saturated heterocycles. The summed E-state index contributed by atoms with van der Waals surface area (Å²) in [5.41, 5.74) is 6.06. The molecule has 0 spiro atoms. The van der Waals surface area contributed by atoms with Crippen LogP contribution in [0.1, 0.15) is 23.2 Å². The van der Waals surface area contributed by atoms with Gasteiger partial charge in [-0.15, -0.1) is 0 Å². The van der Waals surface area contributed by atoms with E-state index < -0.39 is 0 Å². The molecule has 1 fully saturated rings. The van der Waals surface area contributed by atoms with Gasteiger partial charge >= 0.3 is 0 Å². The first-order valence-corrected chi connectivity index (χ1v) is 12.0. The van der Waals surface area contributed by atoms with E-state index in [4.69, 9.17) is 0 Å². The first-order valence-electron chi connectivity index (χ1n) is 12.0. The number of nitrogens with zero attached hydrogens (tertiary/aromatic N) is 4. The predicted octanol–water partition coefficient (Wildman–Crippen LogP) is 3.88. The highest BCUT2D eigenvalue weighted by molar-refractivity contribution is 5.85. The quantitative estimate of drug-likeness (QED) is 0.581. The van der Waals surface area contributed by atoms with Crippen molar-refractivity contribution in [1.29, 1.82) is 0 Å². The molecule has 0 amide bonds. The van der Waals surface area contributed by atoms with Gasteiger partial charge in [0.1, 0.15) is 0 Å². The fraction of sp³-hybridized carbons (Fsp3) is 0.481. The highest BCUT2D eigenvalue weighted by Crippen LogP contribution is 2.31. The minimum absolute atomic E-state index is 1.09. The third kappa shape index (κ3) is 4.72. The molecule has 0 radical (unpaired) electrons. The second-order valence-electron chi connectivity index (χ2n) is 9.35. The Morgan fingerprint density at radius 2 is 1.52 bits per heavy atom. The zero-order valence-corrected chi connectivity index (χ0v) is 19.0. The zero-order chi connectivity index (χ0) is 21.0. The second-order valence-corrected chi connectivity index (χ2v) is 9.35. The Balaban J connectivity index is 1.26. The Morgan fingerprint density at radius 3 is 2.35 bits per heavy atom. The van der Waals surface area contributed by atoms with Gasteiger partial charge in [-0.05, 0) is 43.6 Å². The first kappa shape index (κ1) is 20.7. The minimum atomic E-state index is 1.09. The third-order valence-corrected chi connectivity index (χ3v) is 7.25. The van der Waals surface area contributed by atoms with E-state index >= 15 is 0 Å². The summed E-state index contributed by atoms with van der Waals surface area (Å²) in [6, 6.07) is 20.0. The molecule has 3 heterocycles. The number of likely N-dealkylation sites (N-methyl/N-ethyl adjacent to an activating group) is 1. The molecule has 4 heteroatoms. The maximum atomic E-state index is 2.65. The summed E-state index contributed by atoms with van der Waals surface area (Å²) in [6.45, 7) is 10.6. The molecule has 0 unspecified atom stereocenters. The molecule has 31 heavy (non-hydrogen) atoms. The lowest BCUT2D eigenvalue weighted by molar-refractivity contribution is 0.151. The molecule has 5 rings (SSSR count). The zero-order valence-electron chi connectivity index (χ0n) is 19.0. The van der Waals surface area contributed by atoms with Gasteiger partial charge in [0.25, 0.3) is 0 Å². The van der Waals surface area contributed by atoms with Gasteiger partial charge in [-0.1, -0.05) is 48.5 Å². The molecule has 0 aliphatic carbocycles. The van der Waals surface area contributed by atoms with Crippen molar-refractivity contribution in [3.63, 3.8) is 0 Å². The molecule has 0 N–H and O–H groups in total. The van der Waals surface area contributed by atoms with Crippen LogP contribution < -0.4 is 0 Å². The van der Waals surface area contributed by atoms with Crippen LogP contribution in [0.2, 0.25) is 0 Å². The Kier molecular flexibility index (Phi) is 6.40. The standard InChI is InChI=1S/C27H36N4/c1-28-18-20-29(21-19-28)14-7-15-31-26-11-6-5-10-24(26)25-22-30(17-13-27(25)31)16-12-23-8-3-2-4-9-23/h2-6,8-11H,7,12-22H2,1H3. The van der Waals surface area contributed by atoms with Gasteiger partial charge in [0, 0.05) is 75.4 Å². The summed E-state index contributed by atoms with van der Waals surface area (Å²) in [7, 11) is 2.23. The predicted molar refractivity (Wildman–Crippen MR) is 130 cm³/mol. The van der Waals surface area contributed by atoms with Crippen molar-refractivity contribution in [2.45, 2.75) is 32.4 Å². The van der Waals surface area contributed by atoms with Crippen LogP contribution in [-0.2, 0) is 25.9 Å². The highest BCUT2D eigenvalue weighted by Gasteiger charge is 2.23. The highest BCUT2D eigenvalue weighted by atomic mass is 15.2. The average molecular weight is 417 g/mol. The molecule has 4 nitrogen and oxygen atoms in total. The maximum absolute atomic E-state index is 2.65. The van der Waals surface area contributed by atoms with Crippen LogP contribution in [0.25, 0.3) is 10.9 Å². The molecular weight excluding hydrogens is 380 g/mol. The summed E-state index contributed by atoms with van der Waals surface area (Å²) in [5.74, 6) is 0. The topological polar surface area (TPSA) is 14.7 Å². The van der Waals surface area contributed by atoms with Crippen LogP contribution in [0.15, 0.2) is 54.6 Å². The van der Waals surface area contributed by atoms with Gasteiger partial charge in [-0.2, -0.15) is 0 Å². The summed E-state index contributed by atoms with van der Waals surface area (Å²) < 4.78 is 2.65. The van der Waals surface area contributed by atoms with E-state index in [1.807, 2.05) is 0 Å². The monoisotopic (exact) mass is 416 g/mol. The van der Waals surface area contributed by atoms with Gasteiger partial charge in [-0.3, -0.25) is 4.90 Å².